The van der Waals surface area contributed by atoms with Crippen LogP contribution in [0.3, 0.4) is 0 Å². The first-order chi connectivity index (χ1) is 15.0. The van der Waals surface area contributed by atoms with Gasteiger partial charge in [-0.15, -0.1) is 10.2 Å². The second kappa shape index (κ2) is 8.07. The number of ether oxygens (including phenoxy) is 2. The van der Waals surface area contributed by atoms with Gasteiger partial charge in [0.2, 0.25) is 12.7 Å². The number of aromatic nitrogens is 2. The van der Waals surface area contributed by atoms with Crippen molar-refractivity contribution in [1.82, 2.24) is 10.2 Å². The zero-order valence-corrected chi connectivity index (χ0v) is 17.6. The number of likely N-dealkylation sites (tertiary alicyclic amines) is 1. The van der Waals surface area contributed by atoms with Crippen LogP contribution in [-0.4, -0.2) is 36.0 Å². The SMILES string of the molecule is Cc1cc(-c2nnc(C[NH+]3CCC(C(=O)Nc4ccc5c(c4)OCO5)CC3)o2)c(C)o1. The van der Waals surface area contributed by atoms with Crippen molar-refractivity contribution in [3.63, 3.8) is 0 Å². The van der Waals surface area contributed by atoms with Crippen LogP contribution >= 0.6 is 0 Å². The number of anilines is 1. The quantitative estimate of drug-likeness (QED) is 0.645. The van der Waals surface area contributed by atoms with Gasteiger partial charge in [-0.25, -0.2) is 0 Å². The van der Waals surface area contributed by atoms with Crippen molar-refractivity contribution in [1.29, 1.82) is 0 Å². The molecule has 9 heteroatoms. The molecule has 1 saturated heterocycles. The highest BCUT2D eigenvalue weighted by Gasteiger charge is 2.29. The van der Waals surface area contributed by atoms with E-state index in [-0.39, 0.29) is 18.6 Å². The van der Waals surface area contributed by atoms with E-state index in [0.29, 0.717) is 29.8 Å². The molecule has 1 aromatic carbocycles. The van der Waals surface area contributed by atoms with Gasteiger partial charge in [-0.3, -0.25) is 4.79 Å². The van der Waals surface area contributed by atoms with E-state index in [1.54, 1.807) is 6.07 Å². The zero-order chi connectivity index (χ0) is 21.4. The first kappa shape index (κ1) is 19.6. The van der Waals surface area contributed by atoms with Gasteiger partial charge in [0.05, 0.1) is 18.7 Å². The molecule has 2 aliphatic heterocycles. The molecule has 4 heterocycles. The number of hydrogen-bond donors (Lipinski definition) is 2. The summed E-state index contributed by atoms with van der Waals surface area (Å²) in [7, 11) is 0. The molecule has 0 unspecified atom stereocenters. The number of carbonyl (C=O) groups excluding carboxylic acids is 1. The first-order valence-corrected chi connectivity index (χ1v) is 10.5. The monoisotopic (exact) mass is 425 g/mol. The zero-order valence-electron chi connectivity index (χ0n) is 17.6. The number of rotatable bonds is 5. The van der Waals surface area contributed by atoms with Gasteiger partial charge in [0.1, 0.15) is 11.5 Å². The van der Waals surface area contributed by atoms with Crippen molar-refractivity contribution in [3.05, 3.63) is 41.7 Å². The molecule has 162 valence electrons. The summed E-state index contributed by atoms with van der Waals surface area (Å²) < 4.78 is 22.1. The number of quaternary nitrogens is 1. The standard InChI is InChI=1S/C22H24N4O5/c1-13-9-17(14(2)30-13)22-25-24-20(31-22)11-26-7-5-15(6-8-26)21(27)23-16-3-4-18-19(10-16)29-12-28-18/h3-4,9-10,15H,5-8,11-12H2,1-2H3,(H,23,27)/p+1. The molecule has 0 radical (unpaired) electrons. The summed E-state index contributed by atoms with van der Waals surface area (Å²) in [6, 6.07) is 7.36. The van der Waals surface area contributed by atoms with Crippen LogP contribution < -0.4 is 19.7 Å². The Morgan fingerprint density at radius 3 is 2.68 bits per heavy atom. The minimum Gasteiger partial charge on any atom is -0.466 e. The molecule has 2 aromatic heterocycles. The van der Waals surface area contributed by atoms with Gasteiger partial charge in [0.15, 0.2) is 18.0 Å². The normalized spacial score (nSPS) is 20.1. The number of furan rings is 1. The van der Waals surface area contributed by atoms with Gasteiger partial charge in [-0.2, -0.15) is 0 Å². The summed E-state index contributed by atoms with van der Waals surface area (Å²) in [5.41, 5.74) is 1.57. The van der Waals surface area contributed by atoms with Gasteiger partial charge in [0.25, 0.3) is 11.8 Å². The number of nitrogens with zero attached hydrogens (tertiary/aromatic N) is 2. The van der Waals surface area contributed by atoms with Crippen molar-refractivity contribution in [2.45, 2.75) is 33.2 Å². The summed E-state index contributed by atoms with van der Waals surface area (Å²) in [5, 5.41) is 11.4. The van der Waals surface area contributed by atoms with Gasteiger partial charge in [-0.05, 0) is 32.0 Å². The molecule has 2 N–H and O–H groups in total. The van der Waals surface area contributed by atoms with Crippen LogP contribution in [0.1, 0.15) is 30.3 Å². The Kier molecular flexibility index (Phi) is 5.11. The topological polar surface area (TPSA) is 104 Å². The lowest BCUT2D eigenvalue weighted by Crippen LogP contribution is -3.11. The summed E-state index contributed by atoms with van der Waals surface area (Å²) in [4.78, 5) is 14.0. The summed E-state index contributed by atoms with van der Waals surface area (Å²) in [5.74, 6) is 4.09. The minimum atomic E-state index is -0.0102. The van der Waals surface area contributed by atoms with Crippen molar-refractivity contribution in [2.24, 2.45) is 5.92 Å². The van der Waals surface area contributed by atoms with E-state index in [9.17, 15) is 4.79 Å². The molecule has 9 nitrogen and oxygen atoms in total. The molecule has 1 fully saturated rings. The highest BCUT2D eigenvalue weighted by molar-refractivity contribution is 5.92. The van der Waals surface area contributed by atoms with Gasteiger partial charge < -0.3 is 28.5 Å². The van der Waals surface area contributed by atoms with Crippen LogP contribution in [-0.2, 0) is 11.3 Å². The largest absolute Gasteiger partial charge is 0.466 e. The Balaban J connectivity index is 1.14. The van der Waals surface area contributed by atoms with Gasteiger partial charge in [0, 0.05) is 30.5 Å². The summed E-state index contributed by atoms with van der Waals surface area (Å²) in [6.45, 7) is 6.40. The van der Waals surface area contributed by atoms with Crippen molar-refractivity contribution in [3.8, 4) is 23.0 Å². The van der Waals surface area contributed by atoms with E-state index < -0.39 is 0 Å². The lowest BCUT2D eigenvalue weighted by atomic mass is 9.96. The van der Waals surface area contributed by atoms with Crippen LogP contribution in [0.2, 0.25) is 0 Å². The Bertz CT molecular complexity index is 1100. The fourth-order valence-electron chi connectivity index (χ4n) is 4.17. The first-order valence-electron chi connectivity index (χ1n) is 10.5. The molecule has 0 spiro atoms. The molecule has 1 amide bonds. The number of piperidine rings is 1. The molecule has 31 heavy (non-hydrogen) atoms. The Hall–Kier alpha value is -3.33. The summed E-state index contributed by atoms with van der Waals surface area (Å²) >= 11 is 0. The summed E-state index contributed by atoms with van der Waals surface area (Å²) in [6.07, 6.45) is 1.62. The number of carbonyl (C=O) groups is 1. The molecular formula is C22H25N4O5+. The van der Waals surface area contributed by atoms with Gasteiger partial charge in [-0.1, -0.05) is 0 Å². The van der Waals surface area contributed by atoms with Crippen LogP contribution in [0.25, 0.3) is 11.5 Å². The molecule has 0 bridgehead atoms. The van der Waals surface area contributed by atoms with Crippen molar-refractivity contribution >= 4 is 11.6 Å². The number of fused-ring (bicyclic) bond motifs is 1. The van der Waals surface area contributed by atoms with Gasteiger partial charge >= 0.3 is 0 Å². The average Bonchev–Trinajstić information content (AvgIpc) is 3.48. The minimum absolute atomic E-state index is 0.0102. The van der Waals surface area contributed by atoms with Crippen LogP contribution in [0.15, 0.2) is 33.1 Å². The maximum Gasteiger partial charge on any atom is 0.271 e. The molecule has 3 aromatic rings. The van der Waals surface area contributed by atoms with E-state index in [4.69, 9.17) is 18.3 Å². The van der Waals surface area contributed by atoms with E-state index in [2.05, 4.69) is 15.5 Å². The molecule has 0 saturated carbocycles. The molecule has 0 atom stereocenters. The maximum absolute atomic E-state index is 12.7. The van der Waals surface area contributed by atoms with Crippen LogP contribution in [0, 0.1) is 19.8 Å². The van der Waals surface area contributed by atoms with E-state index in [1.807, 2.05) is 32.0 Å². The molecular weight excluding hydrogens is 400 g/mol. The van der Waals surface area contributed by atoms with Crippen molar-refractivity contribution < 1.29 is 28.0 Å². The van der Waals surface area contributed by atoms with Crippen LogP contribution in [0.5, 0.6) is 11.5 Å². The lowest BCUT2D eigenvalue weighted by molar-refractivity contribution is -0.920. The van der Waals surface area contributed by atoms with Crippen LogP contribution in [0.4, 0.5) is 5.69 Å². The molecule has 2 aliphatic rings. The number of benzene rings is 1. The lowest BCUT2D eigenvalue weighted by Gasteiger charge is -2.27. The molecule has 0 aliphatic carbocycles. The Labute approximate surface area is 179 Å². The number of hydrogen-bond acceptors (Lipinski definition) is 7. The Morgan fingerprint density at radius 1 is 1.10 bits per heavy atom. The molecule has 5 rings (SSSR count). The number of amides is 1. The maximum atomic E-state index is 12.7. The predicted octanol–water partition coefficient (Wildman–Crippen LogP) is 2.11. The number of aryl methyl sites for hydroxylation is 2. The third-order valence-electron chi connectivity index (χ3n) is 5.84. The third-order valence-corrected chi connectivity index (χ3v) is 5.84. The Morgan fingerprint density at radius 2 is 1.90 bits per heavy atom. The highest BCUT2D eigenvalue weighted by atomic mass is 16.7. The smallest absolute Gasteiger partial charge is 0.271 e. The van der Waals surface area contributed by atoms with E-state index in [1.165, 1.54) is 4.90 Å². The van der Waals surface area contributed by atoms with E-state index >= 15 is 0 Å². The number of nitrogens with one attached hydrogen (secondary N) is 2. The average molecular weight is 425 g/mol. The second-order valence-corrected chi connectivity index (χ2v) is 8.09. The fourth-order valence-corrected chi connectivity index (χ4v) is 4.17. The predicted molar refractivity (Wildman–Crippen MR) is 110 cm³/mol. The fraction of sp³-hybridized carbons (Fsp3) is 0.409. The highest BCUT2D eigenvalue weighted by Crippen LogP contribution is 2.34. The third kappa shape index (κ3) is 4.13. The van der Waals surface area contributed by atoms with E-state index in [0.717, 1.165) is 48.7 Å². The second-order valence-electron chi connectivity index (χ2n) is 8.09. The van der Waals surface area contributed by atoms with Crippen molar-refractivity contribution in [2.75, 3.05) is 25.2 Å².